The minimum Gasteiger partial charge on any atom is -0.367 e. The number of rotatable bonds is 6. The molecular weight excluding hydrogens is 325 g/mol. The van der Waals surface area contributed by atoms with Gasteiger partial charge in [0.05, 0.1) is 12.6 Å². The van der Waals surface area contributed by atoms with E-state index in [4.69, 9.17) is 9.73 Å². The van der Waals surface area contributed by atoms with Crippen molar-refractivity contribution in [2.24, 2.45) is 4.99 Å². The number of guanidine groups is 1. The van der Waals surface area contributed by atoms with Crippen LogP contribution in [0.25, 0.3) is 0 Å². The van der Waals surface area contributed by atoms with Gasteiger partial charge in [-0.1, -0.05) is 12.1 Å². The molecule has 1 aromatic rings. The molecule has 134 valence electrons. The van der Waals surface area contributed by atoms with Crippen molar-refractivity contribution in [1.82, 2.24) is 10.2 Å². The van der Waals surface area contributed by atoms with Gasteiger partial charge in [-0.05, 0) is 50.0 Å². The molecule has 1 fully saturated rings. The fourth-order valence-corrected chi connectivity index (χ4v) is 3.22. The number of hydrogen-bond acceptors (Lipinski definition) is 3. The summed E-state index contributed by atoms with van der Waals surface area (Å²) in [6, 6.07) is 6.59. The minimum atomic E-state index is -0.219. The highest BCUT2D eigenvalue weighted by Crippen LogP contribution is 2.25. The molecule has 0 amide bonds. The Hall–Kier alpha value is -1.27. The van der Waals surface area contributed by atoms with Crippen molar-refractivity contribution in [1.29, 1.82) is 0 Å². The van der Waals surface area contributed by atoms with Gasteiger partial charge in [0.1, 0.15) is 11.9 Å². The second kappa shape index (κ2) is 9.89. The van der Waals surface area contributed by atoms with E-state index in [1.54, 1.807) is 12.1 Å². The maximum Gasteiger partial charge on any atom is 0.194 e. The van der Waals surface area contributed by atoms with Crippen LogP contribution in [0.4, 0.5) is 4.39 Å². The Morgan fingerprint density at radius 3 is 2.79 bits per heavy atom. The third kappa shape index (κ3) is 5.67. The SMILES string of the molecule is CCNC(=NCCCSC)N1CC(C)OC(c2ccc(F)cc2)C1. The van der Waals surface area contributed by atoms with Gasteiger partial charge in [0.25, 0.3) is 0 Å². The Labute approximate surface area is 148 Å². The van der Waals surface area contributed by atoms with Crippen molar-refractivity contribution in [3.63, 3.8) is 0 Å². The number of benzene rings is 1. The lowest BCUT2D eigenvalue weighted by molar-refractivity contribution is -0.0605. The van der Waals surface area contributed by atoms with Gasteiger partial charge < -0.3 is 15.0 Å². The van der Waals surface area contributed by atoms with E-state index in [9.17, 15) is 4.39 Å². The molecule has 2 rings (SSSR count). The summed E-state index contributed by atoms with van der Waals surface area (Å²) in [6.45, 7) is 7.36. The van der Waals surface area contributed by atoms with Gasteiger partial charge in [0, 0.05) is 19.6 Å². The summed E-state index contributed by atoms with van der Waals surface area (Å²) in [6.07, 6.45) is 3.23. The first-order valence-corrected chi connectivity index (χ1v) is 9.96. The lowest BCUT2D eigenvalue weighted by Crippen LogP contribution is -2.50. The standard InChI is InChI=1S/C18H28FN3OS/c1-4-20-18(21-10-5-11-24-3)22-12-14(2)23-17(13-22)15-6-8-16(19)9-7-15/h6-9,14,17H,4-5,10-13H2,1-3H3,(H,20,21). The van der Waals surface area contributed by atoms with Crippen LogP contribution in [0.5, 0.6) is 0 Å². The molecule has 0 radical (unpaired) electrons. The number of aliphatic imine (C=N–C) groups is 1. The van der Waals surface area contributed by atoms with E-state index in [1.165, 1.54) is 12.1 Å². The van der Waals surface area contributed by atoms with Gasteiger partial charge in [0.2, 0.25) is 0 Å². The summed E-state index contributed by atoms with van der Waals surface area (Å²) in [7, 11) is 0. The highest BCUT2D eigenvalue weighted by molar-refractivity contribution is 7.98. The molecule has 2 atom stereocenters. The summed E-state index contributed by atoms with van der Waals surface area (Å²) in [4.78, 5) is 7.01. The number of nitrogens with zero attached hydrogens (tertiary/aromatic N) is 2. The summed E-state index contributed by atoms with van der Waals surface area (Å²) in [5, 5.41) is 3.38. The molecule has 0 bridgehead atoms. The zero-order valence-electron chi connectivity index (χ0n) is 14.8. The monoisotopic (exact) mass is 353 g/mol. The maximum atomic E-state index is 13.2. The molecule has 1 N–H and O–H groups in total. The van der Waals surface area contributed by atoms with E-state index < -0.39 is 0 Å². The first-order chi connectivity index (χ1) is 11.6. The van der Waals surface area contributed by atoms with Crippen LogP contribution in [-0.2, 0) is 4.74 Å². The third-order valence-electron chi connectivity index (χ3n) is 3.90. The van der Waals surface area contributed by atoms with Crippen molar-refractivity contribution in [3.05, 3.63) is 35.6 Å². The van der Waals surface area contributed by atoms with Crippen LogP contribution in [0, 0.1) is 5.82 Å². The van der Waals surface area contributed by atoms with Crippen LogP contribution < -0.4 is 5.32 Å². The van der Waals surface area contributed by atoms with Gasteiger partial charge >= 0.3 is 0 Å². The minimum absolute atomic E-state index is 0.0654. The Bertz CT molecular complexity index is 524. The van der Waals surface area contributed by atoms with E-state index in [0.717, 1.165) is 49.9 Å². The van der Waals surface area contributed by atoms with E-state index in [0.29, 0.717) is 0 Å². The van der Waals surface area contributed by atoms with Crippen LogP contribution in [0.15, 0.2) is 29.3 Å². The van der Waals surface area contributed by atoms with Gasteiger partial charge in [-0.3, -0.25) is 4.99 Å². The maximum absolute atomic E-state index is 13.2. The quantitative estimate of drug-likeness (QED) is 0.484. The fourth-order valence-electron chi connectivity index (χ4n) is 2.81. The van der Waals surface area contributed by atoms with Gasteiger partial charge in [-0.2, -0.15) is 11.8 Å². The van der Waals surface area contributed by atoms with Crippen molar-refractivity contribution < 1.29 is 9.13 Å². The van der Waals surface area contributed by atoms with Crippen molar-refractivity contribution in [3.8, 4) is 0 Å². The molecule has 24 heavy (non-hydrogen) atoms. The van der Waals surface area contributed by atoms with E-state index in [2.05, 4.69) is 30.3 Å². The third-order valence-corrected chi connectivity index (χ3v) is 4.60. The molecule has 1 aliphatic heterocycles. The normalized spacial score (nSPS) is 21.8. The molecular formula is C18H28FN3OS. The van der Waals surface area contributed by atoms with Crippen LogP contribution in [0.1, 0.15) is 31.9 Å². The predicted octanol–water partition coefficient (Wildman–Crippen LogP) is 3.31. The number of nitrogens with one attached hydrogen (secondary N) is 1. The zero-order chi connectivity index (χ0) is 17.4. The Morgan fingerprint density at radius 1 is 1.38 bits per heavy atom. The predicted molar refractivity (Wildman–Crippen MR) is 100 cm³/mol. The topological polar surface area (TPSA) is 36.9 Å². The molecule has 0 spiro atoms. The van der Waals surface area contributed by atoms with Crippen LogP contribution in [0.3, 0.4) is 0 Å². The average Bonchev–Trinajstić information content (AvgIpc) is 2.58. The van der Waals surface area contributed by atoms with Gasteiger partial charge in [0.15, 0.2) is 5.96 Å². The largest absolute Gasteiger partial charge is 0.367 e. The Kier molecular flexibility index (Phi) is 7.85. The first-order valence-electron chi connectivity index (χ1n) is 8.57. The van der Waals surface area contributed by atoms with Gasteiger partial charge in [-0.25, -0.2) is 4.39 Å². The first kappa shape index (κ1) is 19.1. The molecule has 1 saturated heterocycles. The van der Waals surface area contributed by atoms with Crippen molar-refractivity contribution in [2.45, 2.75) is 32.5 Å². The van der Waals surface area contributed by atoms with E-state index >= 15 is 0 Å². The highest BCUT2D eigenvalue weighted by Gasteiger charge is 2.28. The molecule has 1 aliphatic rings. The molecule has 1 heterocycles. The molecule has 4 nitrogen and oxygen atoms in total. The lowest BCUT2D eigenvalue weighted by Gasteiger charge is -2.38. The smallest absolute Gasteiger partial charge is 0.194 e. The molecule has 0 saturated carbocycles. The number of halogens is 1. The lowest BCUT2D eigenvalue weighted by atomic mass is 10.1. The van der Waals surface area contributed by atoms with E-state index in [-0.39, 0.29) is 18.0 Å². The van der Waals surface area contributed by atoms with E-state index in [1.807, 2.05) is 11.8 Å². The zero-order valence-corrected chi connectivity index (χ0v) is 15.6. The molecule has 1 aromatic carbocycles. The second-order valence-corrected chi connectivity index (χ2v) is 6.96. The summed E-state index contributed by atoms with van der Waals surface area (Å²) in [5.74, 6) is 1.85. The van der Waals surface area contributed by atoms with Crippen LogP contribution >= 0.6 is 11.8 Å². The van der Waals surface area contributed by atoms with Crippen LogP contribution in [0.2, 0.25) is 0 Å². The Balaban J connectivity index is 2.07. The summed E-state index contributed by atoms with van der Waals surface area (Å²) < 4.78 is 19.2. The fraction of sp³-hybridized carbons (Fsp3) is 0.611. The number of ether oxygens (including phenoxy) is 1. The molecule has 0 aromatic heterocycles. The second-order valence-electron chi connectivity index (χ2n) is 5.97. The Morgan fingerprint density at radius 2 is 2.12 bits per heavy atom. The number of thioether (sulfide) groups is 1. The van der Waals surface area contributed by atoms with Crippen molar-refractivity contribution >= 4 is 17.7 Å². The summed E-state index contributed by atoms with van der Waals surface area (Å²) >= 11 is 1.85. The molecule has 2 unspecified atom stereocenters. The molecule has 0 aliphatic carbocycles. The van der Waals surface area contributed by atoms with Crippen LogP contribution in [-0.4, -0.2) is 55.2 Å². The molecule has 6 heteroatoms. The number of morpholine rings is 1. The average molecular weight is 354 g/mol. The summed E-state index contributed by atoms with van der Waals surface area (Å²) in [5.41, 5.74) is 1.01. The number of hydrogen-bond donors (Lipinski definition) is 1. The van der Waals surface area contributed by atoms with Gasteiger partial charge in [-0.15, -0.1) is 0 Å². The van der Waals surface area contributed by atoms with Crippen molar-refractivity contribution in [2.75, 3.05) is 38.2 Å². The highest BCUT2D eigenvalue weighted by atomic mass is 32.2.